The number of nitrogens with zero attached hydrogens (tertiary/aromatic N) is 2. The lowest BCUT2D eigenvalue weighted by Crippen LogP contribution is -2.25. The molecule has 0 rings (SSSR count). The number of hydrazone groups is 1. The highest BCUT2D eigenvalue weighted by Gasteiger charge is 2.05. The highest BCUT2D eigenvalue weighted by Crippen LogP contribution is 2.00. The lowest BCUT2D eigenvalue weighted by Gasteiger charge is -2.21. The van der Waals surface area contributed by atoms with Crippen molar-refractivity contribution in [2.24, 2.45) is 5.10 Å². The Bertz CT molecular complexity index is 134. The Labute approximate surface area is 68.3 Å². The van der Waals surface area contributed by atoms with Crippen LogP contribution in [0.4, 0.5) is 0 Å². The molecule has 11 heavy (non-hydrogen) atoms. The van der Waals surface area contributed by atoms with Gasteiger partial charge in [0.05, 0.1) is 0 Å². The average Bonchev–Trinajstić information content (AvgIpc) is 2.00. The highest BCUT2D eigenvalue weighted by molar-refractivity contribution is 5.52. The van der Waals surface area contributed by atoms with Gasteiger partial charge in [0.2, 0.25) is 0 Å². The van der Waals surface area contributed by atoms with E-state index in [1.54, 1.807) is 17.4 Å². The Morgan fingerprint density at radius 2 is 2.36 bits per heavy atom. The molecule has 0 radical (unpaired) electrons. The molecule has 0 aromatic rings. The number of hydrogen-bond donors (Lipinski definition) is 0. The van der Waals surface area contributed by atoms with Crippen molar-refractivity contribution in [1.29, 1.82) is 0 Å². The first kappa shape index (κ1) is 10.2. The van der Waals surface area contributed by atoms with Crippen molar-refractivity contribution in [3.63, 3.8) is 0 Å². The van der Waals surface area contributed by atoms with E-state index < -0.39 is 0 Å². The molecule has 0 bridgehead atoms. The van der Waals surface area contributed by atoms with E-state index >= 15 is 0 Å². The summed E-state index contributed by atoms with van der Waals surface area (Å²) in [7, 11) is 0. The zero-order valence-electron chi connectivity index (χ0n) is 7.45. The lowest BCUT2D eigenvalue weighted by atomic mass is 10.6. The van der Waals surface area contributed by atoms with Gasteiger partial charge in [-0.25, -0.2) is 5.01 Å². The second-order valence-corrected chi connectivity index (χ2v) is 1.99. The molecule has 64 valence electrons. The van der Waals surface area contributed by atoms with Crippen LogP contribution in [0.15, 0.2) is 17.9 Å². The molecule has 0 N–H and O–H groups in total. The van der Waals surface area contributed by atoms with Gasteiger partial charge >= 0.3 is 0 Å². The smallest absolute Gasteiger partial charge is 0.147 e. The molecule has 3 heteroatoms. The van der Waals surface area contributed by atoms with E-state index in [9.17, 15) is 0 Å². The fourth-order valence-electron chi connectivity index (χ4n) is 0.740. The van der Waals surface area contributed by atoms with Gasteiger partial charge in [0.25, 0.3) is 0 Å². The van der Waals surface area contributed by atoms with Crippen molar-refractivity contribution in [3.05, 3.63) is 12.8 Å². The molecule has 0 aliphatic heterocycles. The number of rotatable bonds is 5. The summed E-state index contributed by atoms with van der Waals surface area (Å²) in [6.07, 6.45) is 3.31. The Kier molecular flexibility index (Phi) is 5.47. The molecule has 0 aliphatic carbocycles. The monoisotopic (exact) mass is 156 g/mol. The van der Waals surface area contributed by atoms with E-state index in [-0.39, 0.29) is 6.23 Å². The van der Waals surface area contributed by atoms with Crippen molar-refractivity contribution < 1.29 is 4.74 Å². The van der Waals surface area contributed by atoms with Gasteiger partial charge in [0, 0.05) is 19.0 Å². The van der Waals surface area contributed by atoms with Crippen LogP contribution in [-0.4, -0.2) is 24.1 Å². The predicted molar refractivity (Wildman–Crippen MR) is 47.3 cm³/mol. The topological polar surface area (TPSA) is 24.8 Å². The molecule has 0 spiro atoms. The van der Waals surface area contributed by atoms with Gasteiger partial charge in [-0.05, 0) is 20.8 Å². The summed E-state index contributed by atoms with van der Waals surface area (Å²) < 4.78 is 5.29. The van der Waals surface area contributed by atoms with Gasteiger partial charge in [-0.3, -0.25) is 0 Å². The summed E-state index contributed by atoms with van der Waals surface area (Å²) in [6, 6.07) is 0. The SMILES string of the molecule is C=CN(/N=C\C)C(C)OCC. The van der Waals surface area contributed by atoms with Crippen LogP contribution in [0.5, 0.6) is 0 Å². The van der Waals surface area contributed by atoms with Crippen LogP contribution < -0.4 is 0 Å². The predicted octanol–water partition coefficient (Wildman–Crippen LogP) is 1.82. The molecule has 1 atom stereocenters. The maximum Gasteiger partial charge on any atom is 0.147 e. The second-order valence-electron chi connectivity index (χ2n) is 1.99. The van der Waals surface area contributed by atoms with Crippen LogP contribution in [0.1, 0.15) is 20.8 Å². The number of ether oxygens (including phenoxy) is 1. The van der Waals surface area contributed by atoms with Crippen molar-refractivity contribution >= 4 is 6.21 Å². The van der Waals surface area contributed by atoms with Gasteiger partial charge in [0.1, 0.15) is 6.23 Å². The summed E-state index contributed by atoms with van der Waals surface area (Å²) in [5.74, 6) is 0. The third kappa shape index (κ3) is 3.78. The van der Waals surface area contributed by atoms with Crippen molar-refractivity contribution in [2.75, 3.05) is 6.61 Å². The summed E-state index contributed by atoms with van der Waals surface area (Å²) >= 11 is 0. The molecule has 0 heterocycles. The van der Waals surface area contributed by atoms with Gasteiger partial charge in [0.15, 0.2) is 0 Å². The molecule has 3 nitrogen and oxygen atoms in total. The normalized spacial score (nSPS) is 13.4. The van der Waals surface area contributed by atoms with E-state index in [1.807, 2.05) is 20.8 Å². The van der Waals surface area contributed by atoms with Crippen LogP contribution >= 0.6 is 0 Å². The van der Waals surface area contributed by atoms with Crippen LogP contribution in [0.2, 0.25) is 0 Å². The molecular formula is C8H16N2O. The summed E-state index contributed by atoms with van der Waals surface area (Å²) in [5.41, 5.74) is 0. The lowest BCUT2D eigenvalue weighted by molar-refractivity contribution is -0.0162. The van der Waals surface area contributed by atoms with Gasteiger partial charge < -0.3 is 4.74 Å². The van der Waals surface area contributed by atoms with Crippen LogP contribution in [0, 0.1) is 0 Å². The van der Waals surface area contributed by atoms with Gasteiger partial charge in [-0.15, -0.1) is 0 Å². The zero-order chi connectivity index (χ0) is 8.69. The largest absolute Gasteiger partial charge is 0.357 e. The first-order chi connectivity index (χ1) is 5.26. The molecule has 1 unspecified atom stereocenters. The highest BCUT2D eigenvalue weighted by atomic mass is 16.5. The molecule has 0 aliphatic rings. The third-order valence-corrected chi connectivity index (χ3v) is 1.22. The molecule has 0 amide bonds. The minimum Gasteiger partial charge on any atom is -0.357 e. The van der Waals surface area contributed by atoms with E-state index in [0.29, 0.717) is 6.61 Å². The van der Waals surface area contributed by atoms with E-state index in [4.69, 9.17) is 4.74 Å². The maximum atomic E-state index is 5.29. The van der Waals surface area contributed by atoms with Crippen molar-refractivity contribution in [2.45, 2.75) is 27.0 Å². The second kappa shape index (κ2) is 5.92. The van der Waals surface area contributed by atoms with Crippen LogP contribution in [0.25, 0.3) is 0 Å². The maximum absolute atomic E-state index is 5.29. The molecule has 0 aromatic carbocycles. The van der Waals surface area contributed by atoms with Crippen LogP contribution in [-0.2, 0) is 4.74 Å². The third-order valence-electron chi connectivity index (χ3n) is 1.22. The van der Waals surface area contributed by atoms with Crippen molar-refractivity contribution in [1.82, 2.24) is 5.01 Å². The van der Waals surface area contributed by atoms with E-state index in [0.717, 1.165) is 0 Å². The Morgan fingerprint density at radius 3 is 2.73 bits per heavy atom. The Hall–Kier alpha value is -0.830. The quantitative estimate of drug-likeness (QED) is 0.344. The summed E-state index contributed by atoms with van der Waals surface area (Å²) in [4.78, 5) is 0. The van der Waals surface area contributed by atoms with Gasteiger partial charge in [-0.1, -0.05) is 6.58 Å². The van der Waals surface area contributed by atoms with E-state index in [2.05, 4.69) is 11.7 Å². The minimum absolute atomic E-state index is 0.0336. The number of hydrogen-bond acceptors (Lipinski definition) is 3. The molecule has 0 fully saturated rings. The molecule has 0 aromatic heterocycles. The fraction of sp³-hybridized carbons (Fsp3) is 0.625. The first-order valence-corrected chi connectivity index (χ1v) is 3.77. The van der Waals surface area contributed by atoms with Crippen molar-refractivity contribution in [3.8, 4) is 0 Å². The minimum atomic E-state index is -0.0336. The molecular weight excluding hydrogens is 140 g/mol. The zero-order valence-corrected chi connectivity index (χ0v) is 7.45. The first-order valence-electron chi connectivity index (χ1n) is 3.77. The van der Waals surface area contributed by atoms with Crippen LogP contribution in [0.3, 0.4) is 0 Å². The summed E-state index contributed by atoms with van der Waals surface area (Å²) in [6.45, 7) is 10.0. The summed E-state index contributed by atoms with van der Waals surface area (Å²) in [5, 5.41) is 5.70. The van der Waals surface area contributed by atoms with Gasteiger partial charge in [-0.2, -0.15) is 5.10 Å². The Balaban J connectivity index is 3.90. The standard InChI is InChI=1S/C8H16N2O/c1-5-9-10(6-2)8(4)11-7-3/h5-6,8H,2,7H2,1,3-4H3/b9-5-. The van der Waals surface area contributed by atoms with E-state index in [1.165, 1.54) is 0 Å². The Morgan fingerprint density at radius 1 is 1.73 bits per heavy atom. The average molecular weight is 156 g/mol. The molecule has 0 saturated carbocycles. The fourth-order valence-corrected chi connectivity index (χ4v) is 0.740. The molecule has 0 saturated heterocycles.